The Hall–Kier alpha value is -1.95. The fourth-order valence-corrected chi connectivity index (χ4v) is 1.40. The van der Waals surface area contributed by atoms with Gasteiger partial charge in [-0.1, -0.05) is 0 Å². The number of carbonyl (C=O) groups excluding carboxylic acids is 2. The number of hydrogen-bond donors (Lipinski definition) is 2. The van der Waals surface area contributed by atoms with Crippen LogP contribution in [-0.4, -0.2) is 43.1 Å². The van der Waals surface area contributed by atoms with E-state index in [-0.39, 0.29) is 23.6 Å². The van der Waals surface area contributed by atoms with Crippen molar-refractivity contribution < 1.29 is 14.3 Å². The number of hydrogen-bond acceptors (Lipinski definition) is 4. The van der Waals surface area contributed by atoms with E-state index in [1.165, 1.54) is 12.3 Å². The molecule has 1 heterocycles. The minimum Gasteiger partial charge on any atom is -0.383 e. The normalized spacial score (nSPS) is 10.3. The molecule has 0 aliphatic heterocycles. The molecule has 1 rings (SSSR count). The summed E-state index contributed by atoms with van der Waals surface area (Å²) >= 11 is 0. The molecule has 104 valence electrons. The fraction of sp³-hybridized carbons (Fsp3) is 0.462. The molecular formula is C13H19N3O3. The molecule has 1 aromatic rings. The van der Waals surface area contributed by atoms with Crippen LogP contribution in [0.25, 0.3) is 0 Å². The number of nitrogens with zero attached hydrogens (tertiary/aromatic N) is 1. The third kappa shape index (κ3) is 5.05. The molecule has 2 N–H and O–H groups in total. The molecule has 19 heavy (non-hydrogen) atoms. The van der Waals surface area contributed by atoms with Crippen molar-refractivity contribution in [3.63, 3.8) is 0 Å². The Balaban J connectivity index is 2.71. The molecule has 0 aliphatic carbocycles. The average molecular weight is 265 g/mol. The number of carbonyl (C=O) groups is 2. The van der Waals surface area contributed by atoms with Gasteiger partial charge in [-0.05, 0) is 26.0 Å². The minimum absolute atomic E-state index is 0.0413. The van der Waals surface area contributed by atoms with Crippen LogP contribution < -0.4 is 10.6 Å². The van der Waals surface area contributed by atoms with Crippen molar-refractivity contribution in [1.29, 1.82) is 0 Å². The first kappa shape index (κ1) is 15.1. The largest absolute Gasteiger partial charge is 0.383 e. The number of amides is 2. The highest BCUT2D eigenvalue weighted by Crippen LogP contribution is 2.02. The Bertz CT molecular complexity index is 447. The summed E-state index contributed by atoms with van der Waals surface area (Å²) in [7, 11) is 1.56. The van der Waals surface area contributed by atoms with Crippen molar-refractivity contribution in [2.24, 2.45) is 0 Å². The number of rotatable bonds is 6. The van der Waals surface area contributed by atoms with E-state index in [9.17, 15) is 9.59 Å². The molecule has 0 radical (unpaired) electrons. The fourth-order valence-electron chi connectivity index (χ4n) is 1.40. The Labute approximate surface area is 112 Å². The summed E-state index contributed by atoms with van der Waals surface area (Å²) in [5.41, 5.74) is 0.633. The zero-order chi connectivity index (χ0) is 14.3. The van der Waals surface area contributed by atoms with E-state index < -0.39 is 0 Å². The zero-order valence-electron chi connectivity index (χ0n) is 11.4. The molecule has 0 bridgehead atoms. The van der Waals surface area contributed by atoms with E-state index >= 15 is 0 Å². The van der Waals surface area contributed by atoms with Gasteiger partial charge in [0.25, 0.3) is 11.8 Å². The maximum atomic E-state index is 11.8. The molecule has 0 spiro atoms. The highest BCUT2D eigenvalue weighted by atomic mass is 16.5. The molecule has 0 saturated carbocycles. The van der Waals surface area contributed by atoms with E-state index in [0.29, 0.717) is 18.7 Å². The van der Waals surface area contributed by atoms with Crippen molar-refractivity contribution in [3.05, 3.63) is 29.6 Å². The lowest BCUT2D eigenvalue weighted by Gasteiger charge is -2.09. The summed E-state index contributed by atoms with van der Waals surface area (Å²) in [6.45, 7) is 4.58. The van der Waals surface area contributed by atoms with Gasteiger partial charge in [-0.3, -0.25) is 14.6 Å². The second-order valence-corrected chi connectivity index (χ2v) is 4.31. The summed E-state index contributed by atoms with van der Waals surface area (Å²) in [4.78, 5) is 27.5. The van der Waals surface area contributed by atoms with Gasteiger partial charge in [0.05, 0.1) is 6.61 Å². The first-order valence-electron chi connectivity index (χ1n) is 6.08. The molecule has 1 aromatic heterocycles. The quantitative estimate of drug-likeness (QED) is 0.738. The first-order chi connectivity index (χ1) is 9.04. The van der Waals surface area contributed by atoms with Crippen LogP contribution >= 0.6 is 0 Å². The number of methoxy groups -OCH3 is 1. The van der Waals surface area contributed by atoms with E-state index in [1.807, 2.05) is 13.8 Å². The van der Waals surface area contributed by atoms with Crippen LogP contribution in [0, 0.1) is 0 Å². The SMILES string of the molecule is COCCNC(=O)c1cc(C(=O)NC(C)C)ccn1. The molecule has 0 atom stereocenters. The minimum atomic E-state index is -0.323. The highest BCUT2D eigenvalue weighted by molar-refractivity contribution is 5.98. The second-order valence-electron chi connectivity index (χ2n) is 4.31. The van der Waals surface area contributed by atoms with Crippen LogP contribution in [0.2, 0.25) is 0 Å². The van der Waals surface area contributed by atoms with Crippen molar-refractivity contribution in [1.82, 2.24) is 15.6 Å². The summed E-state index contributed by atoms with van der Waals surface area (Å²) < 4.78 is 4.83. The summed E-state index contributed by atoms with van der Waals surface area (Å²) in [5, 5.41) is 5.41. The molecule has 6 nitrogen and oxygen atoms in total. The Morgan fingerprint density at radius 1 is 1.37 bits per heavy atom. The van der Waals surface area contributed by atoms with E-state index in [1.54, 1.807) is 13.2 Å². The maximum absolute atomic E-state index is 11.8. The van der Waals surface area contributed by atoms with Crippen LogP contribution in [-0.2, 0) is 4.74 Å². The Kier molecular flexibility index (Phi) is 5.95. The molecule has 0 aromatic carbocycles. The van der Waals surface area contributed by atoms with Crippen LogP contribution in [0.5, 0.6) is 0 Å². The average Bonchev–Trinajstić information content (AvgIpc) is 2.38. The van der Waals surface area contributed by atoms with Gasteiger partial charge in [0.1, 0.15) is 5.69 Å². The maximum Gasteiger partial charge on any atom is 0.269 e. The van der Waals surface area contributed by atoms with Crippen molar-refractivity contribution in [2.45, 2.75) is 19.9 Å². The predicted molar refractivity (Wildman–Crippen MR) is 71.0 cm³/mol. The molecule has 0 aliphatic rings. The molecular weight excluding hydrogens is 246 g/mol. The zero-order valence-corrected chi connectivity index (χ0v) is 11.4. The number of nitrogens with one attached hydrogen (secondary N) is 2. The second kappa shape index (κ2) is 7.48. The van der Waals surface area contributed by atoms with Gasteiger partial charge in [0.15, 0.2) is 0 Å². The van der Waals surface area contributed by atoms with Gasteiger partial charge in [-0.2, -0.15) is 0 Å². The summed E-state index contributed by atoms with van der Waals surface area (Å²) in [5.74, 6) is -0.542. The van der Waals surface area contributed by atoms with Crippen LogP contribution in [0.1, 0.15) is 34.7 Å². The first-order valence-corrected chi connectivity index (χ1v) is 6.08. The summed E-state index contributed by atoms with van der Waals surface area (Å²) in [6.07, 6.45) is 1.44. The molecule has 0 unspecified atom stereocenters. The highest BCUT2D eigenvalue weighted by Gasteiger charge is 2.11. The molecule has 6 heteroatoms. The monoisotopic (exact) mass is 265 g/mol. The van der Waals surface area contributed by atoms with Crippen molar-refractivity contribution in [3.8, 4) is 0 Å². The molecule has 0 saturated heterocycles. The van der Waals surface area contributed by atoms with Gasteiger partial charge in [0, 0.05) is 31.5 Å². The topological polar surface area (TPSA) is 80.3 Å². The predicted octanol–water partition coefficient (Wildman–Crippen LogP) is 0.596. The van der Waals surface area contributed by atoms with Crippen LogP contribution in [0.15, 0.2) is 18.3 Å². The number of aromatic nitrogens is 1. The van der Waals surface area contributed by atoms with Crippen molar-refractivity contribution in [2.75, 3.05) is 20.3 Å². The third-order valence-electron chi connectivity index (χ3n) is 2.27. The van der Waals surface area contributed by atoms with Gasteiger partial charge in [-0.25, -0.2) is 0 Å². The number of ether oxygens (including phenoxy) is 1. The van der Waals surface area contributed by atoms with Crippen LogP contribution in [0.4, 0.5) is 0 Å². The molecule has 2 amide bonds. The van der Waals surface area contributed by atoms with Crippen molar-refractivity contribution >= 4 is 11.8 Å². The standard InChI is InChI=1S/C13H19N3O3/c1-9(2)16-12(17)10-4-5-14-11(8-10)13(18)15-6-7-19-3/h4-5,8-9H,6-7H2,1-3H3,(H,15,18)(H,16,17). The summed E-state index contributed by atoms with van der Waals surface area (Å²) in [6, 6.07) is 3.09. The van der Waals surface area contributed by atoms with Gasteiger partial charge in [-0.15, -0.1) is 0 Å². The lowest BCUT2D eigenvalue weighted by Crippen LogP contribution is -2.31. The van der Waals surface area contributed by atoms with Gasteiger partial charge >= 0.3 is 0 Å². The van der Waals surface area contributed by atoms with Gasteiger partial charge < -0.3 is 15.4 Å². The molecule has 0 fully saturated rings. The third-order valence-corrected chi connectivity index (χ3v) is 2.27. The lowest BCUT2D eigenvalue weighted by molar-refractivity contribution is 0.0932. The van der Waals surface area contributed by atoms with E-state index in [0.717, 1.165) is 0 Å². The van der Waals surface area contributed by atoms with E-state index in [4.69, 9.17) is 4.74 Å². The van der Waals surface area contributed by atoms with E-state index in [2.05, 4.69) is 15.6 Å². The lowest BCUT2D eigenvalue weighted by atomic mass is 10.2. The van der Waals surface area contributed by atoms with Crippen LogP contribution in [0.3, 0.4) is 0 Å². The number of pyridine rings is 1. The van der Waals surface area contributed by atoms with Gasteiger partial charge in [0.2, 0.25) is 0 Å². The Morgan fingerprint density at radius 3 is 2.74 bits per heavy atom. The Morgan fingerprint density at radius 2 is 2.11 bits per heavy atom. The smallest absolute Gasteiger partial charge is 0.269 e.